The van der Waals surface area contributed by atoms with Gasteiger partial charge in [0, 0.05) is 13.1 Å². The first kappa shape index (κ1) is 13.9. The van der Waals surface area contributed by atoms with Crippen molar-refractivity contribution in [3.63, 3.8) is 0 Å². The van der Waals surface area contributed by atoms with Crippen LogP contribution < -0.4 is 10.1 Å². The third-order valence-electron chi connectivity index (χ3n) is 4.22. The largest absolute Gasteiger partial charge is 0.479 e. The van der Waals surface area contributed by atoms with Gasteiger partial charge >= 0.3 is 0 Å². The predicted molar refractivity (Wildman–Crippen MR) is 75.8 cm³/mol. The van der Waals surface area contributed by atoms with E-state index in [1.54, 1.807) is 0 Å². The van der Waals surface area contributed by atoms with Crippen molar-refractivity contribution in [2.24, 2.45) is 5.41 Å². The van der Waals surface area contributed by atoms with E-state index in [9.17, 15) is 0 Å². The van der Waals surface area contributed by atoms with Gasteiger partial charge in [0.15, 0.2) is 6.61 Å². The van der Waals surface area contributed by atoms with Crippen LogP contribution in [0.3, 0.4) is 0 Å². The van der Waals surface area contributed by atoms with Crippen molar-refractivity contribution in [1.29, 1.82) is 5.26 Å². The normalized spacial score (nSPS) is 16.4. The molecular formula is C16H22N2O. The Hall–Kier alpha value is -1.53. The van der Waals surface area contributed by atoms with Crippen LogP contribution in [0.2, 0.25) is 0 Å². The van der Waals surface area contributed by atoms with Gasteiger partial charge < -0.3 is 10.1 Å². The lowest BCUT2D eigenvalue weighted by Crippen LogP contribution is -2.39. The van der Waals surface area contributed by atoms with E-state index in [1.165, 1.54) is 31.2 Å². The second kappa shape index (κ2) is 6.58. The minimum absolute atomic E-state index is 0.108. The molecule has 0 aromatic heterocycles. The van der Waals surface area contributed by atoms with E-state index >= 15 is 0 Å². The summed E-state index contributed by atoms with van der Waals surface area (Å²) in [4.78, 5) is 0. The lowest BCUT2D eigenvalue weighted by Gasteiger charge is -2.41. The summed E-state index contributed by atoms with van der Waals surface area (Å²) in [6.45, 7) is 4.43. The van der Waals surface area contributed by atoms with Crippen LogP contribution >= 0.6 is 0 Å². The van der Waals surface area contributed by atoms with Crippen molar-refractivity contribution < 1.29 is 4.74 Å². The molecule has 0 atom stereocenters. The van der Waals surface area contributed by atoms with Gasteiger partial charge in [0.1, 0.15) is 11.8 Å². The molecule has 1 saturated carbocycles. The summed E-state index contributed by atoms with van der Waals surface area (Å²) in [7, 11) is 0. The molecule has 0 amide bonds. The molecule has 1 aromatic rings. The van der Waals surface area contributed by atoms with Gasteiger partial charge in [-0.05, 0) is 42.4 Å². The minimum atomic E-state index is 0.108. The van der Waals surface area contributed by atoms with E-state index in [0.717, 1.165) is 18.8 Å². The van der Waals surface area contributed by atoms with Crippen LogP contribution in [0.5, 0.6) is 5.75 Å². The Morgan fingerprint density at radius 1 is 1.32 bits per heavy atom. The average Bonchev–Trinajstić information content (AvgIpc) is 2.41. The number of rotatable bonds is 7. The summed E-state index contributed by atoms with van der Waals surface area (Å²) >= 11 is 0. The first-order valence-corrected chi connectivity index (χ1v) is 7.07. The highest BCUT2D eigenvalue weighted by atomic mass is 16.5. The molecule has 0 bridgehead atoms. The topological polar surface area (TPSA) is 45.0 Å². The molecule has 3 heteroatoms. The summed E-state index contributed by atoms with van der Waals surface area (Å²) < 4.78 is 5.23. The van der Waals surface area contributed by atoms with Crippen LogP contribution in [0.1, 0.15) is 38.2 Å². The fraction of sp³-hybridized carbons (Fsp3) is 0.562. The van der Waals surface area contributed by atoms with Crippen LogP contribution in [0, 0.1) is 16.7 Å². The van der Waals surface area contributed by atoms with Crippen molar-refractivity contribution in [3.05, 3.63) is 29.8 Å². The molecule has 0 heterocycles. The van der Waals surface area contributed by atoms with E-state index in [1.807, 2.05) is 18.2 Å². The maximum Gasteiger partial charge on any atom is 0.174 e. The lowest BCUT2D eigenvalue weighted by atomic mass is 9.67. The van der Waals surface area contributed by atoms with Crippen molar-refractivity contribution >= 4 is 0 Å². The second-order valence-electron chi connectivity index (χ2n) is 5.40. The first-order valence-electron chi connectivity index (χ1n) is 7.07. The fourth-order valence-corrected chi connectivity index (χ4v) is 2.62. The van der Waals surface area contributed by atoms with Gasteiger partial charge in [0.2, 0.25) is 0 Å². The van der Waals surface area contributed by atoms with Gasteiger partial charge in [-0.2, -0.15) is 5.26 Å². The molecule has 0 spiro atoms. The monoisotopic (exact) mass is 258 g/mol. The Kier molecular flexibility index (Phi) is 4.81. The standard InChI is InChI=1S/C16H22N2O/c1-2-16(8-3-9-16)13-18-12-14-4-6-15(7-5-14)19-11-10-17/h4-7,18H,2-3,8-9,11-13H2,1H3. The Labute approximate surface area is 115 Å². The molecule has 1 N–H and O–H groups in total. The minimum Gasteiger partial charge on any atom is -0.479 e. The molecular weight excluding hydrogens is 236 g/mol. The third kappa shape index (κ3) is 3.71. The summed E-state index contributed by atoms with van der Waals surface area (Å²) in [6.07, 6.45) is 5.41. The Morgan fingerprint density at radius 3 is 2.58 bits per heavy atom. The highest BCUT2D eigenvalue weighted by Crippen LogP contribution is 2.43. The van der Waals surface area contributed by atoms with Gasteiger partial charge in [0.05, 0.1) is 0 Å². The first-order chi connectivity index (χ1) is 9.28. The molecule has 1 aliphatic carbocycles. The summed E-state index contributed by atoms with van der Waals surface area (Å²) in [5, 5.41) is 12.0. The van der Waals surface area contributed by atoms with E-state index in [0.29, 0.717) is 5.41 Å². The second-order valence-corrected chi connectivity index (χ2v) is 5.40. The number of nitriles is 1. The molecule has 0 radical (unpaired) electrons. The van der Waals surface area contributed by atoms with E-state index < -0.39 is 0 Å². The number of hydrogen-bond acceptors (Lipinski definition) is 3. The van der Waals surface area contributed by atoms with E-state index in [4.69, 9.17) is 10.00 Å². The zero-order valence-electron chi connectivity index (χ0n) is 11.6. The Morgan fingerprint density at radius 2 is 2.05 bits per heavy atom. The highest BCUT2D eigenvalue weighted by Gasteiger charge is 2.34. The van der Waals surface area contributed by atoms with Gasteiger partial charge in [0.25, 0.3) is 0 Å². The van der Waals surface area contributed by atoms with Crippen molar-refractivity contribution in [1.82, 2.24) is 5.32 Å². The van der Waals surface area contributed by atoms with Gasteiger partial charge in [-0.15, -0.1) is 0 Å². The summed E-state index contributed by atoms with van der Waals surface area (Å²) in [5.41, 5.74) is 1.82. The molecule has 0 unspecified atom stereocenters. The van der Waals surface area contributed by atoms with E-state index in [-0.39, 0.29) is 6.61 Å². The van der Waals surface area contributed by atoms with Crippen LogP contribution in [0.4, 0.5) is 0 Å². The zero-order chi connectivity index (χ0) is 13.6. The zero-order valence-corrected chi connectivity index (χ0v) is 11.6. The highest BCUT2D eigenvalue weighted by molar-refractivity contribution is 5.27. The number of nitrogens with zero attached hydrogens (tertiary/aromatic N) is 1. The number of nitrogens with one attached hydrogen (secondary N) is 1. The Bertz CT molecular complexity index is 424. The predicted octanol–water partition coefficient (Wildman–Crippen LogP) is 3.26. The molecule has 1 fully saturated rings. The van der Waals surface area contributed by atoms with Gasteiger partial charge in [-0.25, -0.2) is 0 Å². The fourth-order valence-electron chi connectivity index (χ4n) is 2.62. The van der Waals surface area contributed by atoms with Gasteiger partial charge in [-0.1, -0.05) is 25.5 Å². The maximum absolute atomic E-state index is 8.44. The van der Waals surface area contributed by atoms with Crippen LogP contribution in [-0.4, -0.2) is 13.2 Å². The number of benzene rings is 1. The van der Waals surface area contributed by atoms with Crippen LogP contribution in [-0.2, 0) is 6.54 Å². The van der Waals surface area contributed by atoms with Crippen molar-refractivity contribution in [2.75, 3.05) is 13.2 Å². The summed E-state index contributed by atoms with van der Waals surface area (Å²) in [6, 6.07) is 9.92. The Balaban J connectivity index is 1.75. The average molecular weight is 258 g/mol. The molecule has 0 aliphatic heterocycles. The van der Waals surface area contributed by atoms with Crippen molar-refractivity contribution in [3.8, 4) is 11.8 Å². The van der Waals surface area contributed by atoms with Crippen molar-refractivity contribution in [2.45, 2.75) is 39.2 Å². The molecule has 102 valence electrons. The lowest BCUT2D eigenvalue weighted by molar-refractivity contribution is 0.124. The summed E-state index contributed by atoms with van der Waals surface area (Å²) in [5.74, 6) is 0.759. The smallest absolute Gasteiger partial charge is 0.174 e. The number of hydrogen-bond donors (Lipinski definition) is 1. The van der Waals surface area contributed by atoms with Crippen LogP contribution in [0.15, 0.2) is 24.3 Å². The molecule has 3 nitrogen and oxygen atoms in total. The number of ether oxygens (including phenoxy) is 1. The molecule has 0 saturated heterocycles. The maximum atomic E-state index is 8.44. The SMILES string of the molecule is CCC1(CNCc2ccc(OCC#N)cc2)CCC1. The quantitative estimate of drug-likeness (QED) is 0.816. The molecule has 1 aliphatic rings. The van der Waals surface area contributed by atoms with Gasteiger partial charge in [-0.3, -0.25) is 0 Å². The van der Waals surface area contributed by atoms with Crippen LogP contribution in [0.25, 0.3) is 0 Å². The molecule has 1 aromatic carbocycles. The third-order valence-corrected chi connectivity index (χ3v) is 4.22. The molecule has 2 rings (SSSR count). The van der Waals surface area contributed by atoms with E-state index in [2.05, 4.69) is 24.4 Å². The molecule has 19 heavy (non-hydrogen) atoms.